The Morgan fingerprint density at radius 1 is 0.800 bits per heavy atom. The van der Waals surface area contributed by atoms with Crippen LogP contribution in [0.15, 0.2) is 0 Å². The number of halogens is 1. The van der Waals surface area contributed by atoms with Gasteiger partial charge in [0.15, 0.2) is 0 Å². The molecule has 0 spiro atoms. The highest BCUT2D eigenvalue weighted by atomic mass is 35.5. The minimum atomic E-state index is -0.731. The Bertz CT molecular complexity index is 284. The maximum Gasteiger partial charge on any atom is 0.303 e. The molecule has 1 atom stereocenters. The van der Waals surface area contributed by atoms with Gasteiger partial charge in [-0.25, -0.2) is 0 Å². The van der Waals surface area contributed by atoms with Crippen LogP contribution in [0.3, 0.4) is 0 Å². The lowest BCUT2D eigenvalue weighted by molar-refractivity contribution is -0.137. The standard InChI is InChI=1S/C21H41ClO3/c1-2-3-4-5-6-7-8-9-10-11-12-13-14-16-20(25-19-22)17-15-18-21(23)24/h20H,2-19H2,1H3,(H,23,24). The van der Waals surface area contributed by atoms with E-state index in [4.69, 9.17) is 21.4 Å². The number of rotatable bonds is 20. The molecule has 0 aliphatic carbocycles. The van der Waals surface area contributed by atoms with Crippen molar-refractivity contribution in [2.75, 3.05) is 6.07 Å². The largest absolute Gasteiger partial charge is 0.481 e. The van der Waals surface area contributed by atoms with Crippen molar-refractivity contribution in [1.82, 2.24) is 0 Å². The summed E-state index contributed by atoms with van der Waals surface area (Å²) in [5.41, 5.74) is 0. The minimum absolute atomic E-state index is 0.129. The summed E-state index contributed by atoms with van der Waals surface area (Å²) in [6.07, 6.45) is 20.5. The molecule has 0 aromatic rings. The molecular formula is C21H41ClO3. The molecule has 0 heterocycles. The molecule has 0 bridgehead atoms. The number of unbranched alkanes of at least 4 members (excludes halogenated alkanes) is 12. The fraction of sp³-hybridized carbons (Fsp3) is 0.952. The Hall–Kier alpha value is -0.280. The third kappa shape index (κ3) is 19.9. The predicted octanol–water partition coefficient (Wildman–Crippen LogP) is 7.30. The van der Waals surface area contributed by atoms with E-state index >= 15 is 0 Å². The summed E-state index contributed by atoms with van der Waals surface area (Å²) < 4.78 is 5.50. The molecule has 0 aromatic heterocycles. The van der Waals surface area contributed by atoms with Gasteiger partial charge in [0, 0.05) is 6.42 Å². The monoisotopic (exact) mass is 376 g/mol. The molecule has 3 nitrogen and oxygen atoms in total. The zero-order chi connectivity index (χ0) is 18.6. The molecule has 25 heavy (non-hydrogen) atoms. The number of hydrogen-bond acceptors (Lipinski definition) is 2. The molecule has 4 heteroatoms. The van der Waals surface area contributed by atoms with Gasteiger partial charge in [0.1, 0.15) is 6.07 Å². The van der Waals surface area contributed by atoms with Gasteiger partial charge < -0.3 is 9.84 Å². The first-order chi connectivity index (χ1) is 12.2. The first-order valence-corrected chi connectivity index (χ1v) is 11.1. The lowest BCUT2D eigenvalue weighted by atomic mass is 10.0. The van der Waals surface area contributed by atoms with Crippen LogP contribution in [0.4, 0.5) is 0 Å². The van der Waals surface area contributed by atoms with E-state index in [1.807, 2.05) is 0 Å². The Labute approximate surface area is 160 Å². The van der Waals surface area contributed by atoms with Gasteiger partial charge >= 0.3 is 5.97 Å². The highest BCUT2D eigenvalue weighted by molar-refractivity contribution is 6.17. The maximum atomic E-state index is 10.6. The fourth-order valence-electron chi connectivity index (χ4n) is 3.27. The van der Waals surface area contributed by atoms with Crippen molar-refractivity contribution in [1.29, 1.82) is 0 Å². The van der Waals surface area contributed by atoms with Crippen LogP contribution in [0.2, 0.25) is 0 Å². The van der Waals surface area contributed by atoms with Gasteiger partial charge in [-0.3, -0.25) is 4.79 Å². The lowest BCUT2D eigenvalue weighted by Crippen LogP contribution is -2.13. The number of aliphatic carboxylic acids is 1. The van der Waals surface area contributed by atoms with Crippen molar-refractivity contribution in [2.24, 2.45) is 0 Å². The molecule has 0 amide bonds. The average molecular weight is 377 g/mol. The van der Waals surface area contributed by atoms with E-state index in [0.29, 0.717) is 6.42 Å². The summed E-state index contributed by atoms with van der Waals surface area (Å²) in [6, 6.07) is 0.205. The molecule has 0 rings (SSSR count). The Kier molecular flexibility index (Phi) is 19.8. The van der Waals surface area contributed by atoms with Crippen LogP contribution in [-0.4, -0.2) is 23.2 Å². The molecule has 0 aliphatic rings. The molecule has 0 saturated carbocycles. The van der Waals surface area contributed by atoms with Crippen molar-refractivity contribution in [3.8, 4) is 0 Å². The molecule has 0 aliphatic heterocycles. The van der Waals surface area contributed by atoms with Crippen LogP contribution in [0, 0.1) is 0 Å². The average Bonchev–Trinajstić information content (AvgIpc) is 2.58. The maximum absolute atomic E-state index is 10.6. The van der Waals surface area contributed by atoms with E-state index in [0.717, 1.165) is 19.3 Å². The summed E-state index contributed by atoms with van der Waals surface area (Å²) in [7, 11) is 0. The molecule has 0 radical (unpaired) electrons. The molecule has 1 N–H and O–H groups in total. The highest BCUT2D eigenvalue weighted by Gasteiger charge is 2.09. The molecule has 150 valence electrons. The summed E-state index contributed by atoms with van der Waals surface area (Å²) in [5, 5.41) is 8.69. The Morgan fingerprint density at radius 3 is 1.68 bits per heavy atom. The zero-order valence-electron chi connectivity index (χ0n) is 16.4. The van der Waals surface area contributed by atoms with Crippen LogP contribution in [0.5, 0.6) is 0 Å². The van der Waals surface area contributed by atoms with Crippen molar-refractivity contribution in [2.45, 2.75) is 122 Å². The van der Waals surface area contributed by atoms with Gasteiger partial charge in [-0.05, 0) is 19.3 Å². The topological polar surface area (TPSA) is 46.5 Å². The van der Waals surface area contributed by atoms with Crippen LogP contribution in [0.25, 0.3) is 0 Å². The number of hydrogen-bond donors (Lipinski definition) is 1. The second kappa shape index (κ2) is 20.0. The van der Waals surface area contributed by atoms with Crippen molar-refractivity contribution < 1.29 is 14.6 Å². The van der Waals surface area contributed by atoms with E-state index in [1.165, 1.54) is 77.0 Å². The van der Waals surface area contributed by atoms with E-state index < -0.39 is 5.97 Å². The van der Waals surface area contributed by atoms with Gasteiger partial charge in [-0.15, -0.1) is 0 Å². The van der Waals surface area contributed by atoms with E-state index in [2.05, 4.69) is 6.92 Å². The predicted molar refractivity (Wildman–Crippen MR) is 107 cm³/mol. The van der Waals surface area contributed by atoms with Crippen LogP contribution in [0.1, 0.15) is 116 Å². The highest BCUT2D eigenvalue weighted by Crippen LogP contribution is 2.16. The second-order valence-electron chi connectivity index (χ2n) is 7.22. The fourth-order valence-corrected chi connectivity index (χ4v) is 3.45. The van der Waals surface area contributed by atoms with E-state index in [-0.39, 0.29) is 18.6 Å². The Balaban J connectivity index is 3.34. The zero-order valence-corrected chi connectivity index (χ0v) is 17.2. The van der Waals surface area contributed by atoms with Gasteiger partial charge in [0.2, 0.25) is 0 Å². The van der Waals surface area contributed by atoms with Crippen molar-refractivity contribution >= 4 is 17.6 Å². The second-order valence-corrected chi connectivity index (χ2v) is 7.43. The number of ether oxygens (including phenoxy) is 1. The van der Waals surface area contributed by atoms with Crippen LogP contribution in [-0.2, 0) is 9.53 Å². The minimum Gasteiger partial charge on any atom is -0.481 e. The number of carbonyl (C=O) groups is 1. The molecule has 0 fully saturated rings. The SMILES string of the molecule is CCCCCCCCCCCCCCCC(CCCC(=O)O)OCCl. The first kappa shape index (κ1) is 24.7. The first-order valence-electron chi connectivity index (χ1n) is 10.6. The van der Waals surface area contributed by atoms with Gasteiger partial charge in [0.05, 0.1) is 6.10 Å². The quantitative estimate of drug-likeness (QED) is 0.179. The van der Waals surface area contributed by atoms with Gasteiger partial charge in [-0.1, -0.05) is 102 Å². The van der Waals surface area contributed by atoms with Gasteiger partial charge in [0.25, 0.3) is 0 Å². The summed E-state index contributed by atoms with van der Waals surface area (Å²) in [5.74, 6) is -0.731. The van der Waals surface area contributed by atoms with Gasteiger partial charge in [-0.2, -0.15) is 0 Å². The molecular weight excluding hydrogens is 336 g/mol. The normalized spacial score (nSPS) is 12.4. The smallest absolute Gasteiger partial charge is 0.303 e. The number of carboxylic acid groups (broad SMARTS) is 1. The lowest BCUT2D eigenvalue weighted by Gasteiger charge is -2.15. The molecule has 0 saturated heterocycles. The van der Waals surface area contributed by atoms with Crippen molar-refractivity contribution in [3.63, 3.8) is 0 Å². The third-order valence-corrected chi connectivity index (χ3v) is 4.97. The van der Waals surface area contributed by atoms with Crippen LogP contribution >= 0.6 is 11.6 Å². The summed E-state index contributed by atoms with van der Waals surface area (Å²) in [6.45, 7) is 2.27. The van der Waals surface area contributed by atoms with Crippen LogP contribution < -0.4 is 0 Å². The van der Waals surface area contributed by atoms with E-state index in [9.17, 15) is 4.79 Å². The van der Waals surface area contributed by atoms with E-state index in [1.54, 1.807) is 0 Å². The Morgan fingerprint density at radius 2 is 1.24 bits per heavy atom. The molecule has 0 aromatic carbocycles. The number of carboxylic acids is 1. The summed E-state index contributed by atoms with van der Waals surface area (Å²) in [4.78, 5) is 10.6. The molecule has 1 unspecified atom stereocenters. The van der Waals surface area contributed by atoms with Crippen molar-refractivity contribution in [3.05, 3.63) is 0 Å². The number of alkyl halides is 1. The third-order valence-electron chi connectivity index (χ3n) is 4.85. The summed E-state index contributed by atoms with van der Waals surface area (Å²) >= 11 is 5.66.